The van der Waals surface area contributed by atoms with Crippen LogP contribution in [0.4, 0.5) is 18.0 Å². The Morgan fingerprint density at radius 1 is 1.30 bits per heavy atom. The highest BCUT2D eigenvalue weighted by molar-refractivity contribution is 5.74. The highest BCUT2D eigenvalue weighted by atomic mass is 19.4. The molecule has 0 aromatic carbocycles. The number of carbonyl (C=O) groups excluding carboxylic acids is 1. The molecule has 27 heavy (non-hydrogen) atoms. The Balaban J connectivity index is 1.54. The van der Waals surface area contributed by atoms with Crippen LogP contribution in [-0.4, -0.2) is 84.3 Å². The average molecular weight is 391 g/mol. The van der Waals surface area contributed by atoms with Gasteiger partial charge in [0.15, 0.2) is 0 Å². The standard InChI is InChI=1S/C17H28F3N5O2/c1-15(13-25-6-2-4-22-25)12-21-16(26)24-9-7-23(8-10-24)5-3-11-27-14-17(18,19)20/h2,4,6,15H,3,5,7-14H2,1H3,(H,21,26). The third-order valence-electron chi connectivity index (χ3n) is 4.35. The van der Waals surface area contributed by atoms with Crippen LogP contribution in [0.15, 0.2) is 18.5 Å². The van der Waals surface area contributed by atoms with Gasteiger partial charge in [0.05, 0.1) is 0 Å². The molecule has 1 aromatic heterocycles. The molecule has 0 radical (unpaired) electrons. The lowest BCUT2D eigenvalue weighted by molar-refractivity contribution is -0.174. The maximum absolute atomic E-state index is 12.3. The molecule has 2 rings (SSSR count). The predicted molar refractivity (Wildman–Crippen MR) is 94.3 cm³/mol. The van der Waals surface area contributed by atoms with Gasteiger partial charge in [0, 0.05) is 64.8 Å². The highest BCUT2D eigenvalue weighted by Crippen LogP contribution is 2.14. The summed E-state index contributed by atoms with van der Waals surface area (Å²) in [5.74, 6) is 0.270. The van der Waals surface area contributed by atoms with E-state index in [2.05, 4.69) is 27.0 Å². The zero-order valence-electron chi connectivity index (χ0n) is 15.6. The summed E-state index contributed by atoms with van der Waals surface area (Å²) in [7, 11) is 0. The molecule has 1 N–H and O–H groups in total. The summed E-state index contributed by atoms with van der Waals surface area (Å²) in [4.78, 5) is 16.2. The molecule has 2 amide bonds. The van der Waals surface area contributed by atoms with E-state index in [0.717, 1.165) is 19.6 Å². The molecule has 1 fully saturated rings. The van der Waals surface area contributed by atoms with E-state index in [1.54, 1.807) is 11.1 Å². The fourth-order valence-corrected chi connectivity index (χ4v) is 2.92. The van der Waals surface area contributed by atoms with Crippen LogP contribution in [0.2, 0.25) is 0 Å². The SMILES string of the molecule is CC(CNC(=O)N1CCN(CCCOCC(F)(F)F)CC1)Cn1cccn1. The minimum absolute atomic E-state index is 0.0736. The van der Waals surface area contributed by atoms with Gasteiger partial charge in [-0.3, -0.25) is 9.58 Å². The second-order valence-corrected chi connectivity index (χ2v) is 6.87. The van der Waals surface area contributed by atoms with Crippen molar-refractivity contribution in [1.29, 1.82) is 0 Å². The fourth-order valence-electron chi connectivity index (χ4n) is 2.92. The van der Waals surface area contributed by atoms with Crippen LogP contribution in [-0.2, 0) is 11.3 Å². The first-order chi connectivity index (χ1) is 12.8. The van der Waals surface area contributed by atoms with Gasteiger partial charge in [0.1, 0.15) is 6.61 Å². The van der Waals surface area contributed by atoms with E-state index in [-0.39, 0.29) is 18.6 Å². The van der Waals surface area contributed by atoms with Crippen molar-refractivity contribution < 1.29 is 22.7 Å². The Kier molecular flexibility index (Phi) is 8.36. The number of hydrogen-bond acceptors (Lipinski definition) is 4. The van der Waals surface area contributed by atoms with Gasteiger partial charge in [0.2, 0.25) is 0 Å². The molecule has 0 aliphatic carbocycles. The lowest BCUT2D eigenvalue weighted by atomic mass is 10.2. The monoisotopic (exact) mass is 391 g/mol. The van der Waals surface area contributed by atoms with E-state index >= 15 is 0 Å². The molecule has 2 heterocycles. The normalized spacial score (nSPS) is 17.1. The third kappa shape index (κ3) is 8.61. The first-order valence-corrected chi connectivity index (χ1v) is 9.20. The molecular formula is C17H28F3N5O2. The smallest absolute Gasteiger partial charge is 0.372 e. The van der Waals surface area contributed by atoms with Crippen LogP contribution in [0.3, 0.4) is 0 Å². The Morgan fingerprint density at radius 2 is 2.04 bits per heavy atom. The average Bonchev–Trinajstić information content (AvgIpc) is 3.12. The van der Waals surface area contributed by atoms with E-state index < -0.39 is 12.8 Å². The van der Waals surface area contributed by atoms with Gasteiger partial charge in [-0.15, -0.1) is 0 Å². The largest absolute Gasteiger partial charge is 0.411 e. The molecule has 154 valence electrons. The predicted octanol–water partition coefficient (Wildman–Crippen LogP) is 1.82. The summed E-state index contributed by atoms with van der Waals surface area (Å²) in [6, 6.07) is 1.79. The molecule has 0 spiro atoms. The molecule has 10 heteroatoms. The summed E-state index contributed by atoms with van der Waals surface area (Å²) >= 11 is 0. The first kappa shape index (κ1) is 21.5. The van der Waals surface area contributed by atoms with Crippen molar-refractivity contribution in [2.75, 3.05) is 52.5 Å². The van der Waals surface area contributed by atoms with Gasteiger partial charge >= 0.3 is 12.2 Å². The minimum atomic E-state index is -4.27. The Morgan fingerprint density at radius 3 is 2.67 bits per heavy atom. The number of hydrogen-bond donors (Lipinski definition) is 1. The van der Waals surface area contributed by atoms with Crippen molar-refractivity contribution in [3.8, 4) is 0 Å². The number of piperazine rings is 1. The van der Waals surface area contributed by atoms with Crippen LogP contribution in [0.25, 0.3) is 0 Å². The summed E-state index contributed by atoms with van der Waals surface area (Å²) in [5.41, 5.74) is 0. The first-order valence-electron chi connectivity index (χ1n) is 9.20. The molecule has 1 aromatic rings. The number of ether oxygens (including phenoxy) is 1. The van der Waals surface area contributed by atoms with Crippen LogP contribution >= 0.6 is 0 Å². The van der Waals surface area contributed by atoms with E-state index in [1.165, 1.54) is 0 Å². The zero-order chi connectivity index (χ0) is 19.7. The number of nitrogens with one attached hydrogen (secondary N) is 1. The van der Waals surface area contributed by atoms with Gasteiger partial charge < -0.3 is 15.0 Å². The van der Waals surface area contributed by atoms with Gasteiger partial charge in [-0.05, 0) is 18.4 Å². The number of urea groups is 1. The number of rotatable bonds is 9. The molecule has 1 aliphatic rings. The minimum Gasteiger partial charge on any atom is -0.372 e. The maximum atomic E-state index is 12.3. The van der Waals surface area contributed by atoms with Crippen molar-refractivity contribution in [3.63, 3.8) is 0 Å². The van der Waals surface area contributed by atoms with E-state index in [1.807, 2.05) is 16.9 Å². The van der Waals surface area contributed by atoms with Crippen LogP contribution in [0.5, 0.6) is 0 Å². The van der Waals surface area contributed by atoms with Crippen molar-refractivity contribution in [3.05, 3.63) is 18.5 Å². The van der Waals surface area contributed by atoms with Gasteiger partial charge in [-0.25, -0.2) is 4.79 Å². The lowest BCUT2D eigenvalue weighted by Gasteiger charge is -2.34. The summed E-state index contributed by atoms with van der Waals surface area (Å²) < 4.78 is 42.4. The quantitative estimate of drug-likeness (QED) is 0.653. The number of alkyl halides is 3. The number of amides is 2. The molecule has 1 unspecified atom stereocenters. The number of nitrogens with zero attached hydrogens (tertiary/aromatic N) is 4. The highest BCUT2D eigenvalue weighted by Gasteiger charge is 2.27. The Hall–Kier alpha value is -1.81. The molecule has 7 nitrogen and oxygen atoms in total. The second-order valence-electron chi connectivity index (χ2n) is 6.87. The zero-order valence-corrected chi connectivity index (χ0v) is 15.6. The van der Waals surface area contributed by atoms with Crippen molar-refractivity contribution >= 4 is 6.03 Å². The summed E-state index contributed by atoms with van der Waals surface area (Å²) in [6.45, 7) is 5.62. The molecule has 1 aliphatic heterocycles. The van der Waals surface area contributed by atoms with Crippen LogP contribution < -0.4 is 5.32 Å². The topological polar surface area (TPSA) is 62.6 Å². The van der Waals surface area contributed by atoms with Crippen molar-refractivity contribution in [1.82, 2.24) is 24.9 Å². The molecule has 1 saturated heterocycles. The van der Waals surface area contributed by atoms with Crippen molar-refractivity contribution in [2.24, 2.45) is 5.92 Å². The van der Waals surface area contributed by atoms with Crippen LogP contribution in [0.1, 0.15) is 13.3 Å². The number of carbonyl (C=O) groups is 1. The van der Waals surface area contributed by atoms with E-state index in [0.29, 0.717) is 32.6 Å². The number of halogens is 3. The fraction of sp³-hybridized carbons (Fsp3) is 0.765. The summed E-state index contributed by atoms with van der Waals surface area (Å²) in [5, 5.41) is 7.11. The van der Waals surface area contributed by atoms with Crippen LogP contribution in [0, 0.1) is 5.92 Å². The molecule has 0 saturated carbocycles. The van der Waals surface area contributed by atoms with Gasteiger partial charge in [0.25, 0.3) is 0 Å². The molecule has 1 atom stereocenters. The molecule has 0 bridgehead atoms. The van der Waals surface area contributed by atoms with Crippen molar-refractivity contribution in [2.45, 2.75) is 26.1 Å². The summed E-state index contributed by atoms with van der Waals surface area (Å²) in [6.07, 6.45) is -0.0962. The van der Waals surface area contributed by atoms with E-state index in [4.69, 9.17) is 0 Å². The van der Waals surface area contributed by atoms with Gasteiger partial charge in [-0.1, -0.05) is 6.92 Å². The lowest BCUT2D eigenvalue weighted by Crippen LogP contribution is -2.52. The maximum Gasteiger partial charge on any atom is 0.411 e. The Bertz CT molecular complexity index is 545. The molecular weight excluding hydrogens is 363 g/mol. The number of aromatic nitrogens is 2. The van der Waals surface area contributed by atoms with Gasteiger partial charge in [-0.2, -0.15) is 18.3 Å². The Labute approximate surface area is 157 Å². The van der Waals surface area contributed by atoms with E-state index in [9.17, 15) is 18.0 Å². The second kappa shape index (κ2) is 10.5. The third-order valence-corrected chi connectivity index (χ3v) is 4.35.